The number of nitro groups is 1. The van der Waals surface area contributed by atoms with Crippen molar-refractivity contribution in [3.63, 3.8) is 0 Å². The minimum Gasteiger partial charge on any atom is -0.391 e. The Morgan fingerprint density at radius 1 is 1.20 bits per heavy atom. The number of non-ortho nitro benzene ring substituents is 1. The van der Waals surface area contributed by atoms with Gasteiger partial charge in [-0.25, -0.2) is 0 Å². The van der Waals surface area contributed by atoms with Crippen LogP contribution < -0.4 is 4.90 Å². The zero-order valence-electron chi connectivity index (χ0n) is 13.7. The Hall–Kier alpha value is -2.93. The summed E-state index contributed by atoms with van der Waals surface area (Å²) in [6.45, 7) is 3.51. The molecule has 1 fully saturated rings. The monoisotopic (exact) mass is 341 g/mol. The molecule has 2 aromatic carbocycles. The maximum atomic E-state index is 10.7. The molecule has 0 saturated carbocycles. The Labute approximate surface area is 145 Å². The Kier molecular flexibility index (Phi) is 5.58. The fourth-order valence-electron chi connectivity index (χ4n) is 2.56. The molecule has 0 bridgehead atoms. The van der Waals surface area contributed by atoms with Gasteiger partial charge < -0.3 is 14.5 Å². The zero-order valence-corrected chi connectivity index (χ0v) is 13.7. The van der Waals surface area contributed by atoms with Gasteiger partial charge in [-0.2, -0.15) is 0 Å². The Balaban J connectivity index is 1.52. The van der Waals surface area contributed by atoms with Crippen molar-refractivity contribution in [2.45, 2.75) is 6.61 Å². The van der Waals surface area contributed by atoms with Crippen molar-refractivity contribution in [1.29, 1.82) is 0 Å². The number of ether oxygens (including phenoxy) is 1. The molecule has 0 atom stereocenters. The third kappa shape index (κ3) is 4.77. The molecule has 130 valence electrons. The molecule has 0 N–H and O–H groups in total. The topological polar surface area (TPSA) is 77.2 Å². The molecule has 1 aliphatic rings. The minimum atomic E-state index is -0.428. The van der Waals surface area contributed by atoms with Gasteiger partial charge in [0, 0.05) is 30.9 Å². The lowest BCUT2D eigenvalue weighted by Gasteiger charge is -2.28. The van der Waals surface area contributed by atoms with E-state index in [1.165, 1.54) is 12.1 Å². The Bertz CT molecular complexity index is 740. The van der Waals surface area contributed by atoms with Gasteiger partial charge in [0.1, 0.15) is 6.61 Å². The highest BCUT2D eigenvalue weighted by molar-refractivity contribution is 5.79. The largest absolute Gasteiger partial charge is 0.391 e. The molecule has 2 aromatic rings. The van der Waals surface area contributed by atoms with Crippen LogP contribution >= 0.6 is 0 Å². The van der Waals surface area contributed by atoms with Crippen molar-refractivity contribution < 1.29 is 14.5 Å². The van der Waals surface area contributed by atoms with Gasteiger partial charge in [-0.1, -0.05) is 29.4 Å². The predicted molar refractivity (Wildman–Crippen MR) is 95.0 cm³/mol. The molecule has 0 radical (unpaired) electrons. The van der Waals surface area contributed by atoms with Crippen LogP contribution in [0.5, 0.6) is 0 Å². The number of nitrogens with zero attached hydrogens (tertiary/aromatic N) is 3. The first-order valence-corrected chi connectivity index (χ1v) is 8.04. The third-order valence-corrected chi connectivity index (χ3v) is 3.90. The SMILES string of the molecule is O=[N+]([O-])c1cccc(CO/N=C/c2ccc(N3CCOCC3)cc2)c1. The summed E-state index contributed by atoms with van der Waals surface area (Å²) in [7, 11) is 0. The second kappa shape index (κ2) is 8.25. The molecule has 25 heavy (non-hydrogen) atoms. The van der Waals surface area contributed by atoms with E-state index in [2.05, 4.69) is 10.1 Å². The fraction of sp³-hybridized carbons (Fsp3) is 0.278. The van der Waals surface area contributed by atoms with E-state index in [4.69, 9.17) is 9.57 Å². The molecule has 1 heterocycles. The summed E-state index contributed by atoms with van der Waals surface area (Å²) in [5.41, 5.74) is 2.84. The summed E-state index contributed by atoms with van der Waals surface area (Å²) in [6.07, 6.45) is 1.63. The fourth-order valence-corrected chi connectivity index (χ4v) is 2.56. The summed E-state index contributed by atoms with van der Waals surface area (Å²) >= 11 is 0. The van der Waals surface area contributed by atoms with Gasteiger partial charge in [-0.05, 0) is 23.3 Å². The maximum Gasteiger partial charge on any atom is 0.269 e. The first-order valence-electron chi connectivity index (χ1n) is 8.04. The van der Waals surface area contributed by atoms with Crippen LogP contribution in [0, 0.1) is 10.1 Å². The number of oxime groups is 1. The molecule has 1 saturated heterocycles. The smallest absolute Gasteiger partial charge is 0.269 e. The van der Waals surface area contributed by atoms with E-state index >= 15 is 0 Å². The number of morpholine rings is 1. The molecule has 7 heteroatoms. The molecular formula is C18H19N3O4. The van der Waals surface area contributed by atoms with Crippen LogP contribution in [-0.2, 0) is 16.2 Å². The number of hydrogen-bond donors (Lipinski definition) is 0. The molecule has 0 amide bonds. The molecule has 3 rings (SSSR count). The van der Waals surface area contributed by atoms with Crippen molar-refractivity contribution in [2.75, 3.05) is 31.2 Å². The van der Waals surface area contributed by atoms with Gasteiger partial charge in [-0.3, -0.25) is 10.1 Å². The van der Waals surface area contributed by atoms with Crippen molar-refractivity contribution in [3.05, 3.63) is 69.8 Å². The second-order valence-electron chi connectivity index (χ2n) is 5.63. The number of benzene rings is 2. The summed E-state index contributed by atoms with van der Waals surface area (Å²) in [5.74, 6) is 0. The summed E-state index contributed by atoms with van der Waals surface area (Å²) in [6, 6.07) is 14.4. The first-order chi connectivity index (χ1) is 12.2. The van der Waals surface area contributed by atoms with E-state index in [1.807, 2.05) is 24.3 Å². The zero-order chi connectivity index (χ0) is 17.5. The number of rotatable bonds is 6. The molecule has 7 nitrogen and oxygen atoms in total. The van der Waals surface area contributed by atoms with Crippen LogP contribution in [0.4, 0.5) is 11.4 Å². The lowest BCUT2D eigenvalue weighted by atomic mass is 10.2. The number of nitro benzene ring substituents is 1. The summed E-state index contributed by atoms with van der Waals surface area (Å²) < 4.78 is 5.35. The van der Waals surface area contributed by atoms with Crippen molar-refractivity contribution in [1.82, 2.24) is 0 Å². The average molecular weight is 341 g/mol. The summed E-state index contributed by atoms with van der Waals surface area (Å²) in [4.78, 5) is 17.8. The number of hydrogen-bond acceptors (Lipinski definition) is 6. The summed E-state index contributed by atoms with van der Waals surface area (Å²) in [5, 5.41) is 14.7. The van der Waals surface area contributed by atoms with Crippen LogP contribution in [0.15, 0.2) is 53.7 Å². The first kappa shape index (κ1) is 16.9. The molecule has 0 aromatic heterocycles. The Morgan fingerprint density at radius 3 is 2.68 bits per heavy atom. The molecule has 0 aliphatic carbocycles. The van der Waals surface area contributed by atoms with Crippen molar-refractivity contribution in [2.24, 2.45) is 5.16 Å². The predicted octanol–water partition coefficient (Wildman–Crippen LogP) is 2.98. The van der Waals surface area contributed by atoms with E-state index in [0.717, 1.165) is 37.6 Å². The Morgan fingerprint density at radius 2 is 1.96 bits per heavy atom. The highest BCUT2D eigenvalue weighted by Gasteiger charge is 2.10. The second-order valence-corrected chi connectivity index (χ2v) is 5.63. The quantitative estimate of drug-likeness (QED) is 0.458. The molecule has 0 spiro atoms. The van der Waals surface area contributed by atoms with E-state index < -0.39 is 4.92 Å². The molecular weight excluding hydrogens is 322 g/mol. The molecule has 1 aliphatic heterocycles. The minimum absolute atomic E-state index is 0.0452. The average Bonchev–Trinajstić information content (AvgIpc) is 2.67. The standard InChI is InChI=1S/C18H19N3O4/c22-21(23)18-3-1-2-16(12-18)14-25-19-13-15-4-6-17(7-5-15)20-8-10-24-11-9-20/h1-7,12-13H,8-11,14H2/b19-13+. The van der Waals surface area contributed by atoms with Crippen molar-refractivity contribution in [3.8, 4) is 0 Å². The van der Waals surface area contributed by atoms with Crippen LogP contribution in [0.3, 0.4) is 0 Å². The van der Waals surface area contributed by atoms with E-state index in [0.29, 0.717) is 5.56 Å². The van der Waals surface area contributed by atoms with E-state index in [9.17, 15) is 10.1 Å². The van der Waals surface area contributed by atoms with Gasteiger partial charge in [0.15, 0.2) is 0 Å². The third-order valence-electron chi connectivity index (χ3n) is 3.90. The normalized spacial score (nSPS) is 14.6. The maximum absolute atomic E-state index is 10.7. The number of anilines is 1. The van der Waals surface area contributed by atoms with Crippen LogP contribution in [0.1, 0.15) is 11.1 Å². The van der Waals surface area contributed by atoms with Crippen LogP contribution in [0.25, 0.3) is 0 Å². The highest BCUT2D eigenvalue weighted by atomic mass is 16.6. The van der Waals surface area contributed by atoms with Gasteiger partial charge in [0.05, 0.1) is 24.4 Å². The van der Waals surface area contributed by atoms with Gasteiger partial charge in [0.25, 0.3) is 5.69 Å². The van der Waals surface area contributed by atoms with Gasteiger partial charge in [0.2, 0.25) is 0 Å². The van der Waals surface area contributed by atoms with E-state index in [1.54, 1.807) is 18.3 Å². The van der Waals surface area contributed by atoms with E-state index in [-0.39, 0.29) is 12.3 Å². The molecule has 0 unspecified atom stereocenters. The van der Waals surface area contributed by atoms with Crippen LogP contribution in [0.2, 0.25) is 0 Å². The lowest BCUT2D eigenvalue weighted by Crippen LogP contribution is -2.36. The van der Waals surface area contributed by atoms with Crippen molar-refractivity contribution >= 4 is 17.6 Å². The van der Waals surface area contributed by atoms with Gasteiger partial charge >= 0.3 is 0 Å². The highest BCUT2D eigenvalue weighted by Crippen LogP contribution is 2.16. The van der Waals surface area contributed by atoms with Gasteiger partial charge in [-0.15, -0.1) is 0 Å². The lowest BCUT2D eigenvalue weighted by molar-refractivity contribution is -0.384. The van der Waals surface area contributed by atoms with Crippen LogP contribution in [-0.4, -0.2) is 37.4 Å².